The molecule has 32 heavy (non-hydrogen) atoms. The summed E-state index contributed by atoms with van der Waals surface area (Å²) in [5.41, 5.74) is 7.61. The van der Waals surface area contributed by atoms with Crippen molar-refractivity contribution in [2.45, 2.75) is 51.7 Å². The molecular weight excluding hydrogens is 426 g/mol. The molecule has 2 aromatic rings. The van der Waals surface area contributed by atoms with Crippen LogP contribution in [0.25, 0.3) is 0 Å². The minimum absolute atomic E-state index is 0.295. The lowest BCUT2D eigenvalue weighted by atomic mass is 9.90. The summed E-state index contributed by atoms with van der Waals surface area (Å²) in [4.78, 5) is 40.1. The van der Waals surface area contributed by atoms with Gasteiger partial charge >= 0.3 is 11.8 Å². The van der Waals surface area contributed by atoms with E-state index in [1.54, 1.807) is 4.90 Å². The molecule has 1 saturated heterocycles. The molecule has 4 rings (SSSR count). The molecule has 1 aromatic carbocycles. The van der Waals surface area contributed by atoms with Crippen molar-refractivity contribution in [3.05, 3.63) is 51.9 Å². The number of thiophene rings is 1. The Morgan fingerprint density at radius 3 is 2.53 bits per heavy atom. The van der Waals surface area contributed by atoms with Crippen molar-refractivity contribution in [3.8, 4) is 0 Å². The van der Waals surface area contributed by atoms with Crippen LogP contribution in [0.2, 0.25) is 0 Å². The molecule has 7 nitrogen and oxygen atoms in total. The monoisotopic (exact) mass is 455 g/mol. The van der Waals surface area contributed by atoms with Crippen LogP contribution in [0.4, 0.5) is 5.00 Å². The van der Waals surface area contributed by atoms with Gasteiger partial charge in [-0.25, -0.2) is 0 Å². The van der Waals surface area contributed by atoms with Crippen LogP contribution in [0.1, 0.15) is 53.1 Å². The van der Waals surface area contributed by atoms with E-state index in [0.29, 0.717) is 42.6 Å². The van der Waals surface area contributed by atoms with Crippen molar-refractivity contribution >= 4 is 34.1 Å². The number of hydrogen-bond acceptors (Lipinski definition) is 5. The molecule has 170 valence electrons. The molecule has 0 spiro atoms. The van der Waals surface area contributed by atoms with E-state index in [4.69, 9.17) is 10.5 Å². The summed E-state index contributed by atoms with van der Waals surface area (Å²) >= 11 is 1.26. The number of rotatable bonds is 4. The van der Waals surface area contributed by atoms with Gasteiger partial charge in [-0.1, -0.05) is 30.3 Å². The van der Waals surface area contributed by atoms with Crippen molar-refractivity contribution < 1.29 is 19.1 Å². The molecule has 0 aliphatic carbocycles. The lowest BCUT2D eigenvalue weighted by Crippen LogP contribution is -2.44. The third-order valence-electron chi connectivity index (χ3n) is 6.22. The van der Waals surface area contributed by atoms with Gasteiger partial charge in [0, 0.05) is 24.4 Å². The van der Waals surface area contributed by atoms with Gasteiger partial charge in [0.2, 0.25) is 0 Å². The SMILES string of the molecule is CC1(C)Cc2c(sc(NC(=O)C(=O)N3CCC(Cc4ccccc4)CC3)c2C(N)=O)CO1. The molecule has 2 aliphatic rings. The summed E-state index contributed by atoms with van der Waals surface area (Å²) in [6, 6.07) is 10.3. The highest BCUT2D eigenvalue weighted by Crippen LogP contribution is 2.40. The average molecular weight is 456 g/mol. The molecule has 0 bridgehead atoms. The number of fused-ring (bicyclic) bond motifs is 1. The topological polar surface area (TPSA) is 102 Å². The predicted molar refractivity (Wildman–Crippen MR) is 123 cm³/mol. The Hall–Kier alpha value is -2.71. The highest BCUT2D eigenvalue weighted by Gasteiger charge is 2.34. The third kappa shape index (κ3) is 4.86. The first-order valence-corrected chi connectivity index (χ1v) is 11.8. The molecule has 0 unspecified atom stereocenters. The van der Waals surface area contributed by atoms with E-state index in [2.05, 4.69) is 17.4 Å². The zero-order valence-electron chi connectivity index (χ0n) is 18.5. The van der Waals surface area contributed by atoms with E-state index in [1.807, 2.05) is 32.0 Å². The number of nitrogens with two attached hydrogens (primary N) is 1. The van der Waals surface area contributed by atoms with Gasteiger partial charge in [0.25, 0.3) is 5.91 Å². The standard InChI is InChI=1S/C24H29N3O4S/c1-24(2)13-17-18(14-31-24)32-22(19(17)20(25)28)26-21(29)23(30)27-10-8-16(9-11-27)12-15-6-4-3-5-7-15/h3-7,16H,8-14H2,1-2H3,(H2,25,28)(H,26,29). The number of likely N-dealkylation sites (tertiary alicyclic amines) is 1. The lowest BCUT2D eigenvalue weighted by molar-refractivity contribution is -0.144. The Morgan fingerprint density at radius 1 is 1.19 bits per heavy atom. The summed E-state index contributed by atoms with van der Waals surface area (Å²) in [5, 5.41) is 2.99. The van der Waals surface area contributed by atoms with Gasteiger partial charge in [0.15, 0.2) is 0 Å². The first-order valence-electron chi connectivity index (χ1n) is 11.0. The summed E-state index contributed by atoms with van der Waals surface area (Å²) in [7, 11) is 0. The van der Waals surface area contributed by atoms with Crippen LogP contribution in [0.15, 0.2) is 30.3 Å². The fourth-order valence-corrected chi connectivity index (χ4v) is 5.62. The fraction of sp³-hybridized carbons (Fsp3) is 0.458. The second-order valence-electron chi connectivity index (χ2n) is 9.18. The van der Waals surface area contributed by atoms with E-state index in [-0.39, 0.29) is 0 Å². The van der Waals surface area contributed by atoms with Gasteiger partial charge in [-0.15, -0.1) is 11.3 Å². The summed E-state index contributed by atoms with van der Waals surface area (Å²) in [6.45, 7) is 5.35. The van der Waals surface area contributed by atoms with Crippen LogP contribution in [-0.2, 0) is 33.8 Å². The predicted octanol–water partition coefficient (Wildman–Crippen LogP) is 3.12. The first kappa shape index (κ1) is 22.5. The Bertz CT molecular complexity index is 1020. The Balaban J connectivity index is 1.39. The van der Waals surface area contributed by atoms with Crippen molar-refractivity contribution in [1.82, 2.24) is 4.90 Å². The van der Waals surface area contributed by atoms with Crippen LogP contribution in [0.3, 0.4) is 0 Å². The number of piperidine rings is 1. The maximum atomic E-state index is 12.8. The molecule has 3 amide bonds. The molecule has 3 heterocycles. The maximum absolute atomic E-state index is 12.8. The van der Waals surface area contributed by atoms with Crippen LogP contribution >= 0.6 is 11.3 Å². The quantitative estimate of drug-likeness (QED) is 0.692. The van der Waals surface area contributed by atoms with Gasteiger partial charge in [0.1, 0.15) is 5.00 Å². The van der Waals surface area contributed by atoms with Gasteiger partial charge in [-0.05, 0) is 50.2 Å². The minimum Gasteiger partial charge on any atom is -0.370 e. The van der Waals surface area contributed by atoms with E-state index in [0.717, 1.165) is 29.7 Å². The zero-order chi connectivity index (χ0) is 22.9. The lowest BCUT2D eigenvalue weighted by Gasteiger charge is -2.31. The summed E-state index contributed by atoms with van der Waals surface area (Å²) in [6.07, 6.45) is 3.23. The third-order valence-corrected chi connectivity index (χ3v) is 7.34. The van der Waals surface area contributed by atoms with Crippen molar-refractivity contribution in [3.63, 3.8) is 0 Å². The molecule has 1 fully saturated rings. The number of anilines is 1. The maximum Gasteiger partial charge on any atom is 0.314 e. The molecule has 1 aromatic heterocycles. The van der Waals surface area contributed by atoms with Gasteiger partial charge in [0.05, 0.1) is 17.8 Å². The highest BCUT2D eigenvalue weighted by molar-refractivity contribution is 7.17. The molecule has 0 atom stereocenters. The van der Waals surface area contributed by atoms with Crippen LogP contribution < -0.4 is 11.1 Å². The van der Waals surface area contributed by atoms with Gasteiger partial charge in [-0.3, -0.25) is 14.4 Å². The minimum atomic E-state index is -0.729. The number of carbonyl (C=O) groups excluding carboxylic acids is 3. The largest absolute Gasteiger partial charge is 0.370 e. The Labute approximate surface area is 191 Å². The Morgan fingerprint density at radius 2 is 1.88 bits per heavy atom. The molecule has 8 heteroatoms. The Kier molecular flexibility index (Phi) is 6.35. The van der Waals surface area contributed by atoms with E-state index in [1.165, 1.54) is 16.9 Å². The zero-order valence-corrected chi connectivity index (χ0v) is 19.3. The molecule has 2 aliphatic heterocycles. The number of hydrogen-bond donors (Lipinski definition) is 2. The van der Waals surface area contributed by atoms with Gasteiger partial charge < -0.3 is 20.7 Å². The second kappa shape index (κ2) is 9.03. The first-order chi connectivity index (χ1) is 15.2. The fourth-order valence-electron chi connectivity index (χ4n) is 4.49. The number of primary amides is 1. The number of nitrogens with zero attached hydrogens (tertiary/aromatic N) is 1. The molecule has 0 radical (unpaired) electrons. The number of benzene rings is 1. The molecular formula is C24H29N3O4S. The smallest absolute Gasteiger partial charge is 0.314 e. The number of nitrogens with one attached hydrogen (secondary N) is 1. The number of ether oxygens (including phenoxy) is 1. The van der Waals surface area contributed by atoms with E-state index in [9.17, 15) is 14.4 Å². The number of amides is 3. The van der Waals surface area contributed by atoms with Crippen molar-refractivity contribution in [2.24, 2.45) is 11.7 Å². The molecule has 3 N–H and O–H groups in total. The van der Waals surface area contributed by atoms with E-state index < -0.39 is 23.3 Å². The number of carbonyl (C=O) groups is 3. The van der Waals surface area contributed by atoms with Crippen molar-refractivity contribution in [2.75, 3.05) is 18.4 Å². The average Bonchev–Trinajstić information content (AvgIpc) is 3.10. The van der Waals surface area contributed by atoms with Crippen LogP contribution in [0, 0.1) is 5.92 Å². The normalized spacial score (nSPS) is 18.1. The van der Waals surface area contributed by atoms with Gasteiger partial charge in [-0.2, -0.15) is 0 Å². The highest BCUT2D eigenvalue weighted by atomic mass is 32.1. The van der Waals surface area contributed by atoms with Crippen LogP contribution in [0.5, 0.6) is 0 Å². The summed E-state index contributed by atoms with van der Waals surface area (Å²) < 4.78 is 5.81. The van der Waals surface area contributed by atoms with E-state index >= 15 is 0 Å². The van der Waals surface area contributed by atoms with Crippen LogP contribution in [-0.4, -0.2) is 41.3 Å². The van der Waals surface area contributed by atoms with Crippen molar-refractivity contribution in [1.29, 1.82) is 0 Å². The summed E-state index contributed by atoms with van der Waals surface area (Å²) in [5.74, 6) is -1.41. The second-order valence-corrected chi connectivity index (χ2v) is 10.3. The molecule has 0 saturated carbocycles.